The number of carbonyl (C=O) groups excluding carboxylic acids is 3. The number of pyridine rings is 1. The van der Waals surface area contributed by atoms with Crippen molar-refractivity contribution in [2.75, 3.05) is 18.9 Å². The number of nitriles is 1. The van der Waals surface area contributed by atoms with Crippen LogP contribution in [-0.4, -0.2) is 63.2 Å². The molecule has 1 saturated heterocycles. The zero-order valence-electron chi connectivity index (χ0n) is 20.8. The van der Waals surface area contributed by atoms with E-state index < -0.39 is 17.5 Å². The smallest absolute Gasteiger partial charge is 0.270 e. The van der Waals surface area contributed by atoms with E-state index in [-0.39, 0.29) is 36.6 Å². The molecule has 2 N–H and O–H groups in total. The van der Waals surface area contributed by atoms with Crippen molar-refractivity contribution in [3.05, 3.63) is 58.9 Å². The monoisotopic (exact) mass is 518 g/mol. The molecule has 2 aromatic heterocycles. The predicted molar refractivity (Wildman–Crippen MR) is 139 cm³/mol. The highest BCUT2D eigenvalue weighted by atomic mass is 35.5. The largest absolute Gasteiger partial charge is 0.335 e. The van der Waals surface area contributed by atoms with Crippen molar-refractivity contribution in [3.63, 3.8) is 0 Å². The number of halogens is 1. The summed E-state index contributed by atoms with van der Waals surface area (Å²) in [4.78, 5) is 50.8. The molecule has 2 aliphatic heterocycles. The number of anilines is 1. The van der Waals surface area contributed by atoms with Crippen LogP contribution in [0.15, 0.2) is 42.6 Å². The number of benzene rings is 1. The molecule has 0 radical (unpaired) electrons. The maximum Gasteiger partial charge on any atom is 0.270 e. The third-order valence-electron chi connectivity index (χ3n) is 7.36. The fraction of sp³-hybridized carbons (Fsp3) is 0.370. The van der Waals surface area contributed by atoms with Gasteiger partial charge < -0.3 is 20.1 Å². The molecule has 190 valence electrons. The average Bonchev–Trinajstić information content (AvgIpc) is 3.56. The van der Waals surface area contributed by atoms with Crippen LogP contribution in [0.3, 0.4) is 0 Å². The molecule has 5 rings (SSSR count). The number of nitrogens with one attached hydrogen (secondary N) is 2. The number of carbonyl (C=O) groups is 3. The first-order chi connectivity index (χ1) is 17.6. The zero-order chi connectivity index (χ0) is 26.5. The van der Waals surface area contributed by atoms with Crippen molar-refractivity contribution in [2.24, 2.45) is 5.92 Å². The van der Waals surface area contributed by atoms with Crippen molar-refractivity contribution in [2.45, 2.75) is 44.2 Å². The summed E-state index contributed by atoms with van der Waals surface area (Å²) in [7, 11) is 1.59. The van der Waals surface area contributed by atoms with Gasteiger partial charge in [0.05, 0.1) is 11.5 Å². The molecule has 0 aliphatic carbocycles. The van der Waals surface area contributed by atoms with Crippen LogP contribution in [0.25, 0.3) is 11.0 Å². The third kappa shape index (κ3) is 4.11. The molecule has 3 aromatic rings. The van der Waals surface area contributed by atoms with Gasteiger partial charge in [-0.2, -0.15) is 5.26 Å². The number of H-pyrrole nitrogens is 1. The first kappa shape index (κ1) is 24.8. The van der Waals surface area contributed by atoms with Crippen molar-refractivity contribution in [1.82, 2.24) is 19.8 Å². The molecule has 3 amide bonds. The maximum absolute atomic E-state index is 14.0. The first-order valence-electron chi connectivity index (χ1n) is 12.2. The van der Waals surface area contributed by atoms with Crippen LogP contribution in [0.1, 0.15) is 42.7 Å². The number of fused-ring (bicyclic) bond motifs is 3. The van der Waals surface area contributed by atoms with E-state index in [1.54, 1.807) is 43.6 Å². The van der Waals surface area contributed by atoms with Crippen LogP contribution in [0, 0.1) is 17.2 Å². The minimum atomic E-state index is -1.07. The highest BCUT2D eigenvalue weighted by Crippen LogP contribution is 2.47. The summed E-state index contributed by atoms with van der Waals surface area (Å²) < 4.78 is 0. The summed E-state index contributed by atoms with van der Waals surface area (Å²) in [5.41, 5.74) is 1.17. The van der Waals surface area contributed by atoms with Crippen molar-refractivity contribution in [1.29, 1.82) is 5.26 Å². The summed E-state index contributed by atoms with van der Waals surface area (Å²) in [5.74, 6) is -0.864. The molecular weight excluding hydrogens is 492 g/mol. The number of aromatic nitrogens is 2. The molecule has 0 saturated carbocycles. The van der Waals surface area contributed by atoms with Gasteiger partial charge in [0.15, 0.2) is 0 Å². The van der Waals surface area contributed by atoms with Crippen molar-refractivity contribution in [3.8, 4) is 6.07 Å². The number of aromatic amines is 1. The van der Waals surface area contributed by atoms with Crippen LogP contribution in [0.4, 0.5) is 5.69 Å². The highest BCUT2D eigenvalue weighted by Gasteiger charge is 2.56. The van der Waals surface area contributed by atoms with Crippen LogP contribution >= 0.6 is 11.6 Å². The third-order valence-corrected chi connectivity index (χ3v) is 7.60. The van der Waals surface area contributed by atoms with Gasteiger partial charge in [-0.05, 0) is 54.3 Å². The second-order valence-electron chi connectivity index (χ2n) is 10.2. The van der Waals surface area contributed by atoms with Gasteiger partial charge >= 0.3 is 0 Å². The van der Waals surface area contributed by atoms with E-state index in [1.165, 1.54) is 9.80 Å². The summed E-state index contributed by atoms with van der Waals surface area (Å²) in [5, 5.41) is 14.1. The number of amides is 3. The molecule has 0 bridgehead atoms. The van der Waals surface area contributed by atoms with Gasteiger partial charge in [-0.3, -0.25) is 14.4 Å². The Morgan fingerprint density at radius 2 is 2.11 bits per heavy atom. The summed E-state index contributed by atoms with van der Waals surface area (Å²) >= 11 is 6.24. The Hall–Kier alpha value is -3.90. The lowest BCUT2D eigenvalue weighted by Gasteiger charge is -2.33. The molecule has 2 aliphatic rings. The standard InChI is InChI=1S/C27H27ClN6O3/c1-15(2)9-22(33(3)24(35)21-10-16-5-4-8-30-23(16)31-21)25(36)34-14-27(12-18(34)13-29)19-11-17(28)6-7-20(19)32-26(27)37/h4-8,10-11,15,18,22H,9,12,14H2,1-3H3,(H,30,31)(H,32,37)/t18-,22-,27-/m0/s1. The lowest BCUT2D eigenvalue weighted by atomic mass is 9.80. The van der Waals surface area contributed by atoms with E-state index >= 15 is 0 Å². The van der Waals surface area contributed by atoms with Gasteiger partial charge in [0.1, 0.15) is 23.4 Å². The Balaban J connectivity index is 1.47. The molecule has 1 spiro atoms. The highest BCUT2D eigenvalue weighted by molar-refractivity contribution is 6.31. The number of nitrogens with zero attached hydrogens (tertiary/aromatic N) is 4. The number of likely N-dealkylation sites (N-methyl/N-ethyl adjacent to an activating group) is 1. The van der Waals surface area contributed by atoms with Crippen molar-refractivity contribution < 1.29 is 14.4 Å². The summed E-state index contributed by atoms with van der Waals surface area (Å²) in [6, 6.07) is 11.1. The van der Waals surface area contributed by atoms with E-state index in [0.717, 1.165) is 5.39 Å². The van der Waals surface area contributed by atoms with E-state index in [1.807, 2.05) is 19.9 Å². The minimum Gasteiger partial charge on any atom is -0.335 e. The second-order valence-corrected chi connectivity index (χ2v) is 10.7. The number of likely N-dealkylation sites (tertiary alicyclic amines) is 1. The van der Waals surface area contributed by atoms with Gasteiger partial charge in [0.2, 0.25) is 11.8 Å². The molecule has 9 nitrogen and oxygen atoms in total. The summed E-state index contributed by atoms with van der Waals surface area (Å²) in [6.45, 7) is 3.99. The average molecular weight is 519 g/mol. The predicted octanol–water partition coefficient (Wildman–Crippen LogP) is 3.72. The molecule has 4 heterocycles. The molecule has 0 unspecified atom stereocenters. The van der Waals surface area contributed by atoms with Gasteiger partial charge in [-0.15, -0.1) is 0 Å². The molecule has 1 aromatic carbocycles. The Labute approximate surface area is 219 Å². The first-order valence-corrected chi connectivity index (χ1v) is 12.5. The SMILES string of the molecule is CC(C)C[C@@H](C(=O)N1C[C@]2(C[C@H]1C#N)C(=O)Nc1ccc(Cl)cc12)N(C)C(=O)c1cc2cccnc2[nH]1. The maximum atomic E-state index is 14.0. The Morgan fingerprint density at radius 1 is 1.32 bits per heavy atom. The zero-order valence-corrected chi connectivity index (χ0v) is 21.5. The Kier molecular flexibility index (Phi) is 6.16. The van der Waals surface area contributed by atoms with Crippen LogP contribution in [0.2, 0.25) is 5.02 Å². The second kappa shape index (κ2) is 9.20. The van der Waals surface area contributed by atoms with Crippen LogP contribution < -0.4 is 5.32 Å². The van der Waals surface area contributed by atoms with Crippen LogP contribution in [0.5, 0.6) is 0 Å². The minimum absolute atomic E-state index is 0.0379. The number of hydrogen-bond donors (Lipinski definition) is 2. The fourth-order valence-corrected chi connectivity index (χ4v) is 5.64. The summed E-state index contributed by atoms with van der Waals surface area (Å²) in [6.07, 6.45) is 2.20. The molecule has 1 fully saturated rings. The molecule has 3 atom stereocenters. The number of rotatable bonds is 5. The van der Waals surface area contributed by atoms with E-state index in [2.05, 4.69) is 21.4 Å². The van der Waals surface area contributed by atoms with Gasteiger partial charge in [-0.1, -0.05) is 25.4 Å². The van der Waals surface area contributed by atoms with E-state index in [4.69, 9.17) is 11.6 Å². The topological polar surface area (TPSA) is 122 Å². The molecule has 10 heteroatoms. The van der Waals surface area contributed by atoms with Gasteiger partial charge in [-0.25, -0.2) is 4.98 Å². The molecular formula is C27H27ClN6O3. The van der Waals surface area contributed by atoms with Crippen molar-refractivity contribution >= 4 is 46.0 Å². The van der Waals surface area contributed by atoms with Gasteiger partial charge in [0.25, 0.3) is 5.91 Å². The van der Waals surface area contributed by atoms with Gasteiger partial charge in [0, 0.05) is 42.3 Å². The lowest BCUT2D eigenvalue weighted by molar-refractivity contribution is -0.136. The Bertz CT molecular complexity index is 1430. The Morgan fingerprint density at radius 3 is 2.81 bits per heavy atom. The number of hydrogen-bond acceptors (Lipinski definition) is 5. The normalized spacial score (nSPS) is 21.2. The lowest BCUT2D eigenvalue weighted by Crippen LogP contribution is -2.52. The quantitative estimate of drug-likeness (QED) is 0.533. The van der Waals surface area contributed by atoms with E-state index in [0.29, 0.717) is 34.0 Å². The fourth-order valence-electron chi connectivity index (χ4n) is 5.47. The van der Waals surface area contributed by atoms with Crippen LogP contribution in [-0.2, 0) is 15.0 Å². The van der Waals surface area contributed by atoms with E-state index in [9.17, 15) is 19.6 Å². The molecule has 37 heavy (non-hydrogen) atoms.